The molecular formula is C15H19BrN2O2. The average Bonchev–Trinajstić information content (AvgIpc) is 2.41. The van der Waals surface area contributed by atoms with E-state index in [1.807, 2.05) is 18.2 Å². The molecule has 0 fully saturated rings. The van der Waals surface area contributed by atoms with Crippen molar-refractivity contribution >= 4 is 21.8 Å². The highest BCUT2D eigenvalue weighted by atomic mass is 79.9. The summed E-state index contributed by atoms with van der Waals surface area (Å²) in [6.07, 6.45) is 5.08. The normalized spacial score (nSPS) is 10.2. The van der Waals surface area contributed by atoms with Gasteiger partial charge in [-0.3, -0.25) is 4.79 Å². The highest BCUT2D eigenvalue weighted by molar-refractivity contribution is 9.10. The van der Waals surface area contributed by atoms with Crippen LogP contribution in [-0.4, -0.2) is 25.1 Å². The largest absolute Gasteiger partial charge is 0.482 e. The summed E-state index contributed by atoms with van der Waals surface area (Å²) in [5, 5.41) is 5.88. The number of hydrogen-bond donors (Lipinski definition) is 2. The maximum Gasteiger partial charge on any atom is 0.258 e. The zero-order valence-electron chi connectivity index (χ0n) is 11.7. The van der Waals surface area contributed by atoms with Gasteiger partial charge in [0.25, 0.3) is 5.91 Å². The van der Waals surface area contributed by atoms with E-state index in [1.165, 1.54) is 0 Å². The van der Waals surface area contributed by atoms with Crippen LogP contribution >= 0.6 is 15.9 Å². The number of para-hydroxylation sites is 1. The minimum absolute atomic E-state index is 0.0566. The fraction of sp³-hybridized carbons (Fsp3) is 0.400. The van der Waals surface area contributed by atoms with Gasteiger partial charge >= 0.3 is 0 Å². The van der Waals surface area contributed by atoms with Crippen LogP contribution in [0.4, 0.5) is 0 Å². The predicted molar refractivity (Wildman–Crippen MR) is 83.5 cm³/mol. The molecule has 0 saturated carbocycles. The molecule has 0 saturated heterocycles. The molecule has 0 aliphatic heterocycles. The van der Waals surface area contributed by atoms with Crippen LogP contribution in [-0.2, 0) is 11.3 Å². The molecular weight excluding hydrogens is 320 g/mol. The van der Waals surface area contributed by atoms with Crippen molar-refractivity contribution in [2.75, 3.05) is 13.2 Å². The first-order chi connectivity index (χ1) is 9.54. The molecule has 0 spiro atoms. The number of carbonyl (C=O) groups is 1. The lowest BCUT2D eigenvalue weighted by Gasteiger charge is -2.15. The van der Waals surface area contributed by atoms with Gasteiger partial charge in [0.05, 0.1) is 11.0 Å². The second-order valence-corrected chi connectivity index (χ2v) is 5.39. The second-order valence-electron chi connectivity index (χ2n) is 4.53. The zero-order chi connectivity index (χ0) is 15.0. The molecule has 1 aromatic rings. The lowest BCUT2D eigenvalue weighted by Crippen LogP contribution is -2.29. The van der Waals surface area contributed by atoms with Crippen molar-refractivity contribution in [3.8, 4) is 18.1 Å². The Kier molecular flexibility index (Phi) is 7.13. The molecule has 0 aliphatic rings. The van der Waals surface area contributed by atoms with E-state index in [2.05, 4.69) is 46.3 Å². The van der Waals surface area contributed by atoms with Crippen molar-refractivity contribution in [3.63, 3.8) is 0 Å². The third-order valence-electron chi connectivity index (χ3n) is 2.48. The summed E-state index contributed by atoms with van der Waals surface area (Å²) in [7, 11) is 0. The van der Waals surface area contributed by atoms with Crippen LogP contribution in [0.15, 0.2) is 22.7 Å². The standard InChI is InChI=1S/C15H19BrN2O2/c1-4-8-17-14(19)10-20-15-12(9-18-11(2)3)6-5-7-13(15)16/h1,5-7,11,18H,8-10H2,2-3H3,(H,17,19). The smallest absolute Gasteiger partial charge is 0.258 e. The number of terminal acetylenes is 1. The number of carbonyl (C=O) groups excluding carboxylic acids is 1. The molecule has 4 nitrogen and oxygen atoms in total. The molecule has 0 unspecified atom stereocenters. The van der Waals surface area contributed by atoms with Crippen LogP contribution in [0.2, 0.25) is 0 Å². The first kappa shape index (κ1) is 16.5. The first-order valence-electron chi connectivity index (χ1n) is 6.38. The van der Waals surface area contributed by atoms with E-state index >= 15 is 0 Å². The first-order valence-corrected chi connectivity index (χ1v) is 7.17. The lowest BCUT2D eigenvalue weighted by molar-refractivity contribution is -0.122. The molecule has 1 aromatic carbocycles. The molecule has 5 heteroatoms. The summed E-state index contributed by atoms with van der Waals surface area (Å²) in [6, 6.07) is 6.16. The molecule has 0 bridgehead atoms. The Morgan fingerprint density at radius 1 is 1.50 bits per heavy atom. The Morgan fingerprint density at radius 2 is 2.25 bits per heavy atom. The van der Waals surface area contributed by atoms with Crippen molar-refractivity contribution in [1.82, 2.24) is 10.6 Å². The van der Waals surface area contributed by atoms with Crippen LogP contribution < -0.4 is 15.4 Å². The lowest BCUT2D eigenvalue weighted by atomic mass is 10.2. The Labute approximate surface area is 128 Å². The van der Waals surface area contributed by atoms with Crippen molar-refractivity contribution in [2.45, 2.75) is 26.4 Å². The monoisotopic (exact) mass is 338 g/mol. The van der Waals surface area contributed by atoms with Crippen LogP contribution in [0.3, 0.4) is 0 Å². The molecule has 20 heavy (non-hydrogen) atoms. The summed E-state index contributed by atoms with van der Waals surface area (Å²) in [5.41, 5.74) is 0.998. The van der Waals surface area contributed by atoms with Gasteiger partial charge in [-0.05, 0) is 22.0 Å². The predicted octanol–water partition coefficient (Wildman–Crippen LogP) is 2.08. The van der Waals surface area contributed by atoms with Crippen LogP contribution in [0, 0.1) is 12.3 Å². The molecule has 2 N–H and O–H groups in total. The summed E-state index contributed by atoms with van der Waals surface area (Å²) in [4.78, 5) is 11.5. The minimum Gasteiger partial charge on any atom is -0.482 e. The quantitative estimate of drug-likeness (QED) is 0.748. The van der Waals surface area contributed by atoms with Crippen molar-refractivity contribution < 1.29 is 9.53 Å². The van der Waals surface area contributed by atoms with Gasteiger partial charge in [-0.15, -0.1) is 6.42 Å². The van der Waals surface area contributed by atoms with Crippen LogP contribution in [0.1, 0.15) is 19.4 Å². The zero-order valence-corrected chi connectivity index (χ0v) is 13.3. The number of hydrogen-bond acceptors (Lipinski definition) is 3. The third-order valence-corrected chi connectivity index (χ3v) is 3.11. The highest BCUT2D eigenvalue weighted by Gasteiger charge is 2.10. The van der Waals surface area contributed by atoms with Gasteiger partial charge in [-0.1, -0.05) is 31.9 Å². The van der Waals surface area contributed by atoms with Gasteiger partial charge in [0, 0.05) is 18.2 Å². The summed E-state index contributed by atoms with van der Waals surface area (Å²) >= 11 is 3.44. The summed E-state index contributed by atoms with van der Waals surface area (Å²) < 4.78 is 6.42. The SMILES string of the molecule is C#CCNC(=O)COc1c(Br)cccc1CNC(C)C. The van der Waals surface area contributed by atoms with Gasteiger partial charge in [-0.2, -0.15) is 0 Å². The summed E-state index contributed by atoms with van der Waals surface area (Å²) in [5.74, 6) is 2.79. The second kappa shape index (κ2) is 8.62. The molecule has 1 amide bonds. The number of halogens is 1. The highest BCUT2D eigenvalue weighted by Crippen LogP contribution is 2.29. The van der Waals surface area contributed by atoms with E-state index in [4.69, 9.17) is 11.2 Å². The molecule has 0 aliphatic carbocycles. The Morgan fingerprint density at radius 3 is 2.90 bits per heavy atom. The van der Waals surface area contributed by atoms with E-state index < -0.39 is 0 Å². The maximum atomic E-state index is 11.5. The van der Waals surface area contributed by atoms with Crippen molar-refractivity contribution in [1.29, 1.82) is 0 Å². The Bertz CT molecular complexity index is 495. The fourth-order valence-electron chi connectivity index (χ4n) is 1.51. The number of ether oxygens (including phenoxy) is 1. The maximum absolute atomic E-state index is 11.5. The Hall–Kier alpha value is -1.51. The van der Waals surface area contributed by atoms with E-state index in [0.717, 1.165) is 10.0 Å². The van der Waals surface area contributed by atoms with Gasteiger partial charge in [-0.25, -0.2) is 0 Å². The van der Waals surface area contributed by atoms with Crippen LogP contribution in [0.25, 0.3) is 0 Å². The molecule has 0 heterocycles. The van der Waals surface area contributed by atoms with E-state index in [1.54, 1.807) is 0 Å². The minimum atomic E-state index is -0.235. The molecule has 0 atom stereocenters. The van der Waals surface area contributed by atoms with Gasteiger partial charge in [0.1, 0.15) is 5.75 Å². The van der Waals surface area contributed by atoms with E-state index in [0.29, 0.717) is 18.3 Å². The van der Waals surface area contributed by atoms with Crippen molar-refractivity contribution in [2.24, 2.45) is 0 Å². The third kappa shape index (κ3) is 5.64. The van der Waals surface area contributed by atoms with Crippen molar-refractivity contribution in [3.05, 3.63) is 28.2 Å². The molecule has 108 valence electrons. The van der Waals surface area contributed by atoms with Crippen LogP contribution in [0.5, 0.6) is 5.75 Å². The Balaban J connectivity index is 2.68. The topological polar surface area (TPSA) is 50.4 Å². The van der Waals surface area contributed by atoms with Gasteiger partial charge in [0.2, 0.25) is 0 Å². The number of nitrogens with one attached hydrogen (secondary N) is 2. The van der Waals surface area contributed by atoms with E-state index in [9.17, 15) is 4.79 Å². The molecule has 0 aromatic heterocycles. The van der Waals surface area contributed by atoms with Gasteiger partial charge < -0.3 is 15.4 Å². The van der Waals surface area contributed by atoms with E-state index in [-0.39, 0.29) is 19.1 Å². The fourth-order valence-corrected chi connectivity index (χ4v) is 2.03. The number of rotatable bonds is 7. The number of amides is 1. The molecule has 0 radical (unpaired) electrons. The number of benzene rings is 1. The molecule has 1 rings (SSSR count). The summed E-state index contributed by atoms with van der Waals surface area (Å²) in [6.45, 7) is 4.98. The van der Waals surface area contributed by atoms with Gasteiger partial charge in [0.15, 0.2) is 6.61 Å². The average molecular weight is 339 g/mol.